The lowest BCUT2D eigenvalue weighted by molar-refractivity contribution is -0.122. The third-order valence-corrected chi connectivity index (χ3v) is 2.70. The van der Waals surface area contributed by atoms with Crippen molar-refractivity contribution in [2.24, 2.45) is 0 Å². The van der Waals surface area contributed by atoms with Crippen molar-refractivity contribution in [3.8, 4) is 11.5 Å². The van der Waals surface area contributed by atoms with Crippen LogP contribution in [0, 0.1) is 0 Å². The minimum atomic E-state index is -0.500. The predicted molar refractivity (Wildman–Crippen MR) is 74.6 cm³/mol. The van der Waals surface area contributed by atoms with Crippen molar-refractivity contribution in [3.63, 3.8) is 0 Å². The molecule has 6 nitrogen and oxygen atoms in total. The van der Waals surface area contributed by atoms with Crippen LogP contribution >= 0.6 is 0 Å². The van der Waals surface area contributed by atoms with Crippen molar-refractivity contribution in [2.45, 2.75) is 26.8 Å². The van der Waals surface area contributed by atoms with E-state index in [1.54, 1.807) is 6.92 Å². The van der Waals surface area contributed by atoms with Gasteiger partial charge in [0.1, 0.15) is 0 Å². The van der Waals surface area contributed by atoms with Gasteiger partial charge in [-0.2, -0.15) is 0 Å². The summed E-state index contributed by atoms with van der Waals surface area (Å²) in [5.74, 6) is -1.60. The molecule has 0 aromatic heterocycles. The Morgan fingerprint density at radius 1 is 1.30 bits per heavy atom. The van der Waals surface area contributed by atoms with Gasteiger partial charge in [0.05, 0.1) is 12.1 Å². The van der Waals surface area contributed by atoms with E-state index in [4.69, 9.17) is 0 Å². The summed E-state index contributed by atoms with van der Waals surface area (Å²) in [6.45, 7) is 5.62. The molecule has 2 amide bonds. The maximum Gasteiger partial charge on any atom is 0.258 e. The molecule has 0 saturated heterocycles. The number of carbonyl (C=O) groups excluding carboxylic acids is 2. The smallest absolute Gasteiger partial charge is 0.258 e. The lowest BCUT2D eigenvalue weighted by Crippen LogP contribution is -2.42. The van der Waals surface area contributed by atoms with Crippen LogP contribution in [0.1, 0.15) is 31.1 Å². The molecular formula is C14H20N2O4. The molecule has 0 saturated carbocycles. The fourth-order valence-corrected chi connectivity index (χ4v) is 1.74. The largest absolute Gasteiger partial charge is 0.504 e. The van der Waals surface area contributed by atoms with Crippen LogP contribution < -0.4 is 5.32 Å². The van der Waals surface area contributed by atoms with Crippen molar-refractivity contribution in [1.82, 2.24) is 10.2 Å². The topological polar surface area (TPSA) is 89.9 Å². The SMILES string of the molecule is CCN(CC(=O)NC(C)C)C(=O)c1cccc(O)c1O. The maximum atomic E-state index is 12.2. The highest BCUT2D eigenvalue weighted by Gasteiger charge is 2.21. The molecule has 0 bridgehead atoms. The number of nitrogens with one attached hydrogen (secondary N) is 1. The molecule has 0 heterocycles. The number of nitrogens with zero attached hydrogens (tertiary/aromatic N) is 1. The Kier molecular flexibility index (Phi) is 5.37. The zero-order chi connectivity index (χ0) is 15.3. The maximum absolute atomic E-state index is 12.2. The highest BCUT2D eigenvalue weighted by molar-refractivity contribution is 5.99. The van der Waals surface area contributed by atoms with E-state index in [1.165, 1.54) is 23.1 Å². The molecular weight excluding hydrogens is 260 g/mol. The number of aromatic hydroxyl groups is 2. The summed E-state index contributed by atoms with van der Waals surface area (Å²) in [6.07, 6.45) is 0. The summed E-state index contributed by atoms with van der Waals surface area (Å²) in [6, 6.07) is 4.14. The number of phenols is 2. The summed E-state index contributed by atoms with van der Waals surface area (Å²) in [5.41, 5.74) is -0.0239. The summed E-state index contributed by atoms with van der Waals surface area (Å²) in [7, 11) is 0. The summed E-state index contributed by atoms with van der Waals surface area (Å²) >= 11 is 0. The standard InChI is InChI=1S/C14H20N2O4/c1-4-16(8-12(18)15-9(2)3)14(20)10-6-5-7-11(17)13(10)19/h5-7,9,17,19H,4,8H2,1-3H3,(H,15,18). The summed E-state index contributed by atoms with van der Waals surface area (Å²) in [5, 5.41) is 21.8. The average molecular weight is 280 g/mol. The Morgan fingerprint density at radius 2 is 1.95 bits per heavy atom. The second-order valence-corrected chi connectivity index (χ2v) is 4.71. The van der Waals surface area contributed by atoms with Crippen LogP contribution in [0.3, 0.4) is 0 Å². The first-order valence-electron chi connectivity index (χ1n) is 6.46. The Morgan fingerprint density at radius 3 is 2.50 bits per heavy atom. The van der Waals surface area contributed by atoms with Crippen molar-refractivity contribution in [2.75, 3.05) is 13.1 Å². The van der Waals surface area contributed by atoms with Crippen LogP contribution in [0.15, 0.2) is 18.2 Å². The summed E-state index contributed by atoms with van der Waals surface area (Å²) < 4.78 is 0. The summed E-state index contributed by atoms with van der Waals surface area (Å²) in [4.78, 5) is 25.2. The van der Waals surface area contributed by atoms with Gasteiger partial charge in [-0.05, 0) is 32.9 Å². The van der Waals surface area contributed by atoms with Gasteiger partial charge in [0, 0.05) is 12.6 Å². The van der Waals surface area contributed by atoms with Gasteiger partial charge >= 0.3 is 0 Å². The molecule has 0 aliphatic carbocycles. The molecule has 6 heteroatoms. The molecule has 20 heavy (non-hydrogen) atoms. The van der Waals surface area contributed by atoms with Gasteiger partial charge in [-0.3, -0.25) is 9.59 Å². The van der Waals surface area contributed by atoms with Crippen LogP contribution in [0.4, 0.5) is 0 Å². The van der Waals surface area contributed by atoms with Crippen LogP contribution in [0.5, 0.6) is 11.5 Å². The molecule has 0 atom stereocenters. The molecule has 1 rings (SSSR count). The van der Waals surface area contributed by atoms with Crippen LogP contribution in [0.25, 0.3) is 0 Å². The molecule has 3 N–H and O–H groups in total. The van der Waals surface area contributed by atoms with E-state index in [0.29, 0.717) is 6.54 Å². The van der Waals surface area contributed by atoms with Gasteiger partial charge < -0.3 is 20.4 Å². The fraction of sp³-hybridized carbons (Fsp3) is 0.429. The molecule has 1 aromatic rings. The quantitative estimate of drug-likeness (QED) is 0.704. The van der Waals surface area contributed by atoms with Gasteiger partial charge in [0.25, 0.3) is 5.91 Å². The van der Waals surface area contributed by atoms with E-state index in [-0.39, 0.29) is 29.8 Å². The lowest BCUT2D eigenvalue weighted by Gasteiger charge is -2.21. The number of hydrogen-bond donors (Lipinski definition) is 3. The first kappa shape index (κ1) is 15.8. The van der Waals surface area contributed by atoms with Gasteiger partial charge in [-0.1, -0.05) is 6.07 Å². The molecule has 0 radical (unpaired) electrons. The number of phenolic OH excluding ortho intramolecular Hbond substituents is 2. The van der Waals surface area contributed by atoms with Crippen LogP contribution in [-0.4, -0.2) is 46.1 Å². The number of rotatable bonds is 5. The minimum absolute atomic E-state index is 0.00881. The van der Waals surface area contributed by atoms with Gasteiger partial charge in [0.2, 0.25) is 5.91 Å². The predicted octanol–water partition coefficient (Wildman–Crippen LogP) is 1.08. The fourth-order valence-electron chi connectivity index (χ4n) is 1.74. The number of carbonyl (C=O) groups is 2. The van der Waals surface area contributed by atoms with E-state index in [0.717, 1.165) is 0 Å². The highest BCUT2D eigenvalue weighted by Crippen LogP contribution is 2.28. The van der Waals surface area contributed by atoms with E-state index in [1.807, 2.05) is 13.8 Å². The molecule has 0 aliphatic rings. The average Bonchev–Trinajstić information content (AvgIpc) is 2.37. The zero-order valence-electron chi connectivity index (χ0n) is 11.9. The second-order valence-electron chi connectivity index (χ2n) is 4.71. The second kappa shape index (κ2) is 6.79. The van der Waals surface area contributed by atoms with Crippen molar-refractivity contribution in [3.05, 3.63) is 23.8 Å². The lowest BCUT2D eigenvalue weighted by atomic mass is 10.1. The number of amides is 2. The van der Waals surface area contributed by atoms with Gasteiger partial charge in [0.15, 0.2) is 11.5 Å². The van der Waals surface area contributed by atoms with E-state index < -0.39 is 11.7 Å². The first-order chi connectivity index (χ1) is 9.36. The Bertz CT molecular complexity index is 500. The number of para-hydroxylation sites is 1. The van der Waals surface area contributed by atoms with Crippen LogP contribution in [-0.2, 0) is 4.79 Å². The molecule has 110 valence electrons. The van der Waals surface area contributed by atoms with Gasteiger partial charge in [-0.15, -0.1) is 0 Å². The van der Waals surface area contributed by atoms with Crippen LogP contribution in [0.2, 0.25) is 0 Å². The van der Waals surface area contributed by atoms with Gasteiger partial charge in [-0.25, -0.2) is 0 Å². The first-order valence-corrected chi connectivity index (χ1v) is 6.46. The molecule has 0 spiro atoms. The molecule has 1 aromatic carbocycles. The number of likely N-dealkylation sites (N-methyl/N-ethyl adjacent to an activating group) is 1. The highest BCUT2D eigenvalue weighted by atomic mass is 16.3. The van der Waals surface area contributed by atoms with E-state index in [9.17, 15) is 19.8 Å². The Labute approximate surface area is 118 Å². The van der Waals surface area contributed by atoms with Crippen molar-refractivity contribution in [1.29, 1.82) is 0 Å². The monoisotopic (exact) mass is 280 g/mol. The molecule has 0 fully saturated rings. The van der Waals surface area contributed by atoms with Crippen molar-refractivity contribution < 1.29 is 19.8 Å². The van der Waals surface area contributed by atoms with E-state index >= 15 is 0 Å². The number of hydrogen-bond acceptors (Lipinski definition) is 4. The molecule has 0 aliphatic heterocycles. The van der Waals surface area contributed by atoms with E-state index in [2.05, 4.69) is 5.32 Å². The third-order valence-electron chi connectivity index (χ3n) is 2.70. The minimum Gasteiger partial charge on any atom is -0.504 e. The normalized spacial score (nSPS) is 10.4. The number of benzene rings is 1. The Hall–Kier alpha value is -2.24. The third kappa shape index (κ3) is 3.88. The van der Waals surface area contributed by atoms with Crippen molar-refractivity contribution >= 4 is 11.8 Å². The molecule has 0 unspecified atom stereocenters. The Balaban J connectivity index is 2.87. The zero-order valence-corrected chi connectivity index (χ0v) is 11.9.